The maximum absolute atomic E-state index is 13.0. The van der Waals surface area contributed by atoms with Gasteiger partial charge in [-0.2, -0.15) is 5.10 Å². The summed E-state index contributed by atoms with van der Waals surface area (Å²) in [5, 5.41) is 11.0. The summed E-state index contributed by atoms with van der Waals surface area (Å²) in [6.45, 7) is 1.26. The topological polar surface area (TPSA) is 68.2 Å². The van der Waals surface area contributed by atoms with Gasteiger partial charge in [0.05, 0.1) is 12.8 Å². The third kappa shape index (κ3) is 2.81. The van der Waals surface area contributed by atoms with Gasteiger partial charge in [0.1, 0.15) is 11.4 Å². The molecule has 5 rings (SSSR count). The van der Waals surface area contributed by atoms with Crippen LogP contribution < -0.4 is 10.6 Å². The van der Waals surface area contributed by atoms with Crippen molar-refractivity contribution in [3.63, 3.8) is 0 Å². The van der Waals surface area contributed by atoms with E-state index in [2.05, 4.69) is 15.7 Å². The van der Waals surface area contributed by atoms with Gasteiger partial charge in [-0.25, -0.2) is 0 Å². The summed E-state index contributed by atoms with van der Waals surface area (Å²) in [6, 6.07) is 0. The SMILES string of the molecule is COCCNc1c(C(=O)NC23CC4CC(CC(C4)C2)C3)cnn1C. The van der Waals surface area contributed by atoms with E-state index in [-0.39, 0.29) is 11.4 Å². The van der Waals surface area contributed by atoms with Crippen molar-refractivity contribution < 1.29 is 9.53 Å². The molecular formula is C18H28N4O2. The van der Waals surface area contributed by atoms with Crippen molar-refractivity contribution in [2.24, 2.45) is 24.8 Å². The summed E-state index contributed by atoms with van der Waals surface area (Å²) in [5.41, 5.74) is 0.676. The van der Waals surface area contributed by atoms with E-state index in [0.29, 0.717) is 18.7 Å². The molecule has 4 saturated carbocycles. The first-order valence-electron chi connectivity index (χ1n) is 9.16. The Kier molecular flexibility index (Phi) is 4.03. The molecule has 1 amide bonds. The standard InChI is InChI=1S/C18H28N4O2/c1-22-16(19-3-4-24-2)15(11-20-22)17(23)21-18-8-12-5-13(9-18)7-14(6-12)10-18/h11-14,19H,3-10H2,1-2H3,(H,21,23). The Labute approximate surface area is 143 Å². The number of nitrogens with one attached hydrogen (secondary N) is 2. The second-order valence-corrected chi connectivity index (χ2v) is 8.10. The predicted molar refractivity (Wildman–Crippen MR) is 91.9 cm³/mol. The van der Waals surface area contributed by atoms with Gasteiger partial charge in [-0.1, -0.05) is 0 Å². The van der Waals surface area contributed by atoms with E-state index >= 15 is 0 Å². The van der Waals surface area contributed by atoms with E-state index in [1.807, 2.05) is 7.05 Å². The minimum Gasteiger partial charge on any atom is -0.383 e. The fourth-order valence-corrected chi connectivity index (χ4v) is 5.66. The summed E-state index contributed by atoms with van der Waals surface area (Å²) in [6.07, 6.45) is 9.31. The second-order valence-electron chi connectivity index (χ2n) is 8.10. The molecule has 1 aromatic rings. The highest BCUT2D eigenvalue weighted by Crippen LogP contribution is 2.55. The highest BCUT2D eigenvalue weighted by atomic mass is 16.5. The number of ether oxygens (including phenoxy) is 1. The molecule has 6 heteroatoms. The van der Waals surface area contributed by atoms with Gasteiger partial charge in [-0.15, -0.1) is 0 Å². The van der Waals surface area contributed by atoms with E-state index in [9.17, 15) is 4.79 Å². The maximum Gasteiger partial charge on any atom is 0.257 e. The van der Waals surface area contributed by atoms with Crippen molar-refractivity contribution in [2.75, 3.05) is 25.6 Å². The Morgan fingerprint density at radius 1 is 1.29 bits per heavy atom. The Hall–Kier alpha value is -1.56. The van der Waals surface area contributed by atoms with E-state index in [0.717, 1.165) is 23.6 Å². The van der Waals surface area contributed by atoms with Crippen LogP contribution >= 0.6 is 0 Å². The third-order valence-electron chi connectivity index (χ3n) is 6.20. The average molecular weight is 332 g/mol. The van der Waals surface area contributed by atoms with Gasteiger partial charge < -0.3 is 15.4 Å². The van der Waals surface area contributed by atoms with Crippen LogP contribution in [0.5, 0.6) is 0 Å². The molecule has 0 saturated heterocycles. The molecule has 132 valence electrons. The lowest BCUT2D eigenvalue weighted by Crippen LogP contribution is -2.59. The molecule has 24 heavy (non-hydrogen) atoms. The summed E-state index contributed by atoms with van der Waals surface area (Å²) in [7, 11) is 3.53. The van der Waals surface area contributed by atoms with Gasteiger partial charge in [0, 0.05) is 26.2 Å². The van der Waals surface area contributed by atoms with Crippen molar-refractivity contribution in [1.29, 1.82) is 0 Å². The molecule has 0 radical (unpaired) electrons. The summed E-state index contributed by atoms with van der Waals surface area (Å²) < 4.78 is 6.81. The quantitative estimate of drug-likeness (QED) is 0.784. The van der Waals surface area contributed by atoms with Crippen LogP contribution in [0, 0.1) is 17.8 Å². The van der Waals surface area contributed by atoms with Gasteiger partial charge >= 0.3 is 0 Å². The van der Waals surface area contributed by atoms with Gasteiger partial charge in [0.25, 0.3) is 5.91 Å². The predicted octanol–water partition coefficient (Wildman–Crippen LogP) is 2.18. The van der Waals surface area contributed by atoms with E-state index in [1.165, 1.54) is 38.5 Å². The van der Waals surface area contributed by atoms with Crippen LogP contribution in [-0.4, -0.2) is 41.5 Å². The van der Waals surface area contributed by atoms with Crippen molar-refractivity contribution >= 4 is 11.7 Å². The first-order valence-corrected chi connectivity index (χ1v) is 9.16. The largest absolute Gasteiger partial charge is 0.383 e. The van der Waals surface area contributed by atoms with Crippen LogP contribution in [0.2, 0.25) is 0 Å². The number of rotatable bonds is 6. The molecule has 0 aliphatic heterocycles. The fraction of sp³-hybridized carbons (Fsp3) is 0.778. The number of aryl methyl sites for hydroxylation is 1. The van der Waals surface area contributed by atoms with E-state index < -0.39 is 0 Å². The van der Waals surface area contributed by atoms with Gasteiger partial charge in [0.15, 0.2) is 0 Å². The Morgan fingerprint density at radius 2 is 1.92 bits per heavy atom. The molecule has 4 aliphatic rings. The zero-order valence-electron chi connectivity index (χ0n) is 14.7. The van der Waals surface area contributed by atoms with E-state index in [1.54, 1.807) is 18.0 Å². The number of amides is 1. The van der Waals surface area contributed by atoms with Crippen molar-refractivity contribution in [2.45, 2.75) is 44.1 Å². The number of carbonyl (C=O) groups excluding carboxylic acids is 1. The number of hydrogen-bond acceptors (Lipinski definition) is 4. The summed E-state index contributed by atoms with van der Waals surface area (Å²) >= 11 is 0. The smallest absolute Gasteiger partial charge is 0.257 e. The highest BCUT2D eigenvalue weighted by Gasteiger charge is 2.51. The summed E-state index contributed by atoms with van der Waals surface area (Å²) in [4.78, 5) is 13.0. The molecule has 0 unspecified atom stereocenters. The summed E-state index contributed by atoms with van der Waals surface area (Å²) in [5.74, 6) is 3.26. The van der Waals surface area contributed by atoms with Crippen molar-refractivity contribution in [1.82, 2.24) is 15.1 Å². The number of aromatic nitrogens is 2. The van der Waals surface area contributed by atoms with Crippen LogP contribution in [0.3, 0.4) is 0 Å². The highest BCUT2D eigenvalue weighted by molar-refractivity contribution is 5.99. The maximum atomic E-state index is 13.0. The number of nitrogens with zero attached hydrogens (tertiary/aromatic N) is 2. The number of methoxy groups -OCH3 is 1. The fourth-order valence-electron chi connectivity index (χ4n) is 5.66. The zero-order chi connectivity index (χ0) is 16.7. The van der Waals surface area contributed by atoms with Crippen molar-refractivity contribution in [3.8, 4) is 0 Å². The third-order valence-corrected chi connectivity index (χ3v) is 6.20. The van der Waals surface area contributed by atoms with Gasteiger partial charge in [-0.05, 0) is 56.3 Å². The van der Waals surface area contributed by atoms with Crippen LogP contribution in [-0.2, 0) is 11.8 Å². The van der Waals surface area contributed by atoms with Crippen LogP contribution in [0.25, 0.3) is 0 Å². The molecule has 0 spiro atoms. The van der Waals surface area contributed by atoms with Crippen LogP contribution in [0.15, 0.2) is 6.20 Å². The molecular weight excluding hydrogens is 304 g/mol. The molecule has 1 heterocycles. The Bertz CT molecular complexity index is 589. The average Bonchev–Trinajstić information content (AvgIpc) is 2.87. The first-order chi connectivity index (χ1) is 11.6. The second kappa shape index (κ2) is 6.06. The van der Waals surface area contributed by atoms with Gasteiger partial charge in [-0.3, -0.25) is 9.48 Å². The minimum atomic E-state index is 0.0185. The first kappa shape index (κ1) is 15.9. The van der Waals surface area contributed by atoms with Crippen LogP contribution in [0.4, 0.5) is 5.82 Å². The Morgan fingerprint density at radius 3 is 2.50 bits per heavy atom. The minimum absolute atomic E-state index is 0.0185. The molecule has 0 atom stereocenters. The van der Waals surface area contributed by atoms with Crippen molar-refractivity contribution in [3.05, 3.63) is 11.8 Å². The zero-order valence-corrected chi connectivity index (χ0v) is 14.7. The van der Waals surface area contributed by atoms with Gasteiger partial charge in [0.2, 0.25) is 0 Å². The Balaban J connectivity index is 1.49. The molecule has 4 aliphatic carbocycles. The molecule has 0 aromatic carbocycles. The number of carbonyl (C=O) groups is 1. The molecule has 4 fully saturated rings. The molecule has 6 nitrogen and oxygen atoms in total. The molecule has 4 bridgehead atoms. The number of hydrogen-bond donors (Lipinski definition) is 2. The lowest BCUT2D eigenvalue weighted by Gasteiger charge is -2.56. The number of anilines is 1. The van der Waals surface area contributed by atoms with E-state index in [4.69, 9.17) is 4.74 Å². The lowest BCUT2D eigenvalue weighted by atomic mass is 9.53. The monoisotopic (exact) mass is 332 g/mol. The molecule has 1 aromatic heterocycles. The lowest BCUT2D eigenvalue weighted by molar-refractivity contribution is -0.0166. The van der Waals surface area contributed by atoms with Crippen LogP contribution in [0.1, 0.15) is 48.9 Å². The normalized spacial score (nSPS) is 33.7. The molecule has 2 N–H and O–H groups in total.